The van der Waals surface area contributed by atoms with Gasteiger partial charge in [0.2, 0.25) is 0 Å². The second-order valence-electron chi connectivity index (χ2n) is 4.56. The summed E-state index contributed by atoms with van der Waals surface area (Å²) in [5.41, 5.74) is 1.20. The largest absolute Gasteiger partial charge is 0.476 e. The monoisotopic (exact) mass is 264 g/mol. The molecule has 96 valence electrons. The van der Waals surface area contributed by atoms with E-state index in [1.54, 1.807) is 11.3 Å². The topological polar surface area (TPSA) is 63.1 Å². The lowest BCUT2D eigenvalue weighted by atomic mass is 10.1. The molecule has 0 radical (unpaired) electrons. The molecule has 18 heavy (non-hydrogen) atoms. The van der Waals surface area contributed by atoms with Crippen molar-refractivity contribution in [3.05, 3.63) is 22.0 Å². The molecule has 0 fully saturated rings. The molecule has 0 saturated carbocycles. The van der Waals surface area contributed by atoms with E-state index in [4.69, 9.17) is 0 Å². The maximum Gasteiger partial charge on any atom is 0.355 e. The maximum atomic E-state index is 11.4. The van der Waals surface area contributed by atoms with Crippen molar-refractivity contribution in [3.8, 4) is 0 Å². The van der Waals surface area contributed by atoms with E-state index in [9.17, 15) is 9.90 Å². The number of carbonyl (C=O) groups is 1. The molecular weight excluding hydrogens is 248 g/mol. The molecule has 2 aromatic heterocycles. The number of hydrogen-bond donors (Lipinski definition) is 1. The average molecular weight is 264 g/mol. The van der Waals surface area contributed by atoms with Gasteiger partial charge < -0.3 is 5.11 Å². The van der Waals surface area contributed by atoms with Crippen LogP contribution < -0.4 is 0 Å². The predicted molar refractivity (Wildman–Crippen MR) is 72.6 cm³/mol. The van der Waals surface area contributed by atoms with Gasteiger partial charge in [-0.05, 0) is 18.9 Å². The Morgan fingerprint density at radius 1 is 1.39 bits per heavy atom. The summed E-state index contributed by atoms with van der Waals surface area (Å²) in [5, 5.41) is 10.1. The summed E-state index contributed by atoms with van der Waals surface area (Å²) in [6, 6.07) is 0. The van der Waals surface area contributed by atoms with Crippen LogP contribution in [0.25, 0.3) is 10.2 Å². The Morgan fingerprint density at radius 3 is 2.56 bits per heavy atom. The van der Waals surface area contributed by atoms with Gasteiger partial charge >= 0.3 is 5.97 Å². The lowest BCUT2D eigenvalue weighted by Gasteiger charge is -2.06. The van der Waals surface area contributed by atoms with Crippen LogP contribution in [0.2, 0.25) is 0 Å². The summed E-state index contributed by atoms with van der Waals surface area (Å²) >= 11 is 1.55. The second-order valence-corrected chi connectivity index (χ2v) is 5.76. The number of aromatic carboxylic acids is 1. The minimum atomic E-state index is -0.975. The summed E-state index contributed by atoms with van der Waals surface area (Å²) in [6.45, 7) is 7.96. The van der Waals surface area contributed by atoms with Crippen LogP contribution in [-0.2, 0) is 6.42 Å². The van der Waals surface area contributed by atoms with Gasteiger partial charge in [0.25, 0.3) is 0 Å². The molecule has 1 N–H and O–H groups in total. The highest BCUT2D eigenvalue weighted by atomic mass is 32.1. The Morgan fingerprint density at radius 2 is 2.06 bits per heavy atom. The first-order valence-corrected chi connectivity index (χ1v) is 6.80. The Labute approximate surface area is 110 Å². The van der Waals surface area contributed by atoms with E-state index in [1.165, 1.54) is 0 Å². The number of aromatic nitrogens is 2. The van der Waals surface area contributed by atoms with Crippen LogP contribution in [0.4, 0.5) is 0 Å². The minimum Gasteiger partial charge on any atom is -0.476 e. The Balaban J connectivity index is 2.86. The van der Waals surface area contributed by atoms with Crippen LogP contribution in [0.1, 0.15) is 53.4 Å². The normalized spacial score (nSPS) is 11.4. The quantitative estimate of drug-likeness (QED) is 0.923. The van der Waals surface area contributed by atoms with E-state index in [-0.39, 0.29) is 11.6 Å². The molecule has 0 atom stereocenters. The van der Waals surface area contributed by atoms with Crippen LogP contribution in [0.3, 0.4) is 0 Å². The van der Waals surface area contributed by atoms with Crippen molar-refractivity contribution in [2.24, 2.45) is 0 Å². The first-order chi connectivity index (χ1) is 8.45. The molecule has 0 aliphatic heterocycles. The number of aryl methyl sites for hydroxylation is 2. The van der Waals surface area contributed by atoms with Crippen molar-refractivity contribution in [1.82, 2.24) is 9.97 Å². The smallest absolute Gasteiger partial charge is 0.355 e. The van der Waals surface area contributed by atoms with Crippen molar-refractivity contribution < 1.29 is 9.90 Å². The fourth-order valence-electron chi connectivity index (χ4n) is 2.02. The molecule has 0 saturated heterocycles. The van der Waals surface area contributed by atoms with Crippen LogP contribution >= 0.6 is 11.3 Å². The minimum absolute atomic E-state index is 0.125. The number of thiophene rings is 1. The molecule has 0 bridgehead atoms. The summed E-state index contributed by atoms with van der Waals surface area (Å²) in [7, 11) is 0. The van der Waals surface area contributed by atoms with Crippen LogP contribution in [0.5, 0.6) is 0 Å². The van der Waals surface area contributed by atoms with Gasteiger partial charge in [0.1, 0.15) is 10.7 Å². The van der Waals surface area contributed by atoms with E-state index in [2.05, 4.69) is 9.97 Å². The molecular formula is C13H16N2O2S. The standard InChI is InChI=1S/C13H16N2O2S/c1-5-8-7(4)18-12-9(8)10(13(16)17)14-11(15-12)6(2)3/h6H,5H2,1-4H3,(H,16,17). The Bertz CT molecular complexity index is 617. The Kier molecular flexibility index (Phi) is 3.34. The van der Waals surface area contributed by atoms with Crippen molar-refractivity contribution in [2.45, 2.75) is 40.0 Å². The number of hydrogen-bond acceptors (Lipinski definition) is 4. The van der Waals surface area contributed by atoms with Gasteiger partial charge in [0.15, 0.2) is 5.69 Å². The van der Waals surface area contributed by atoms with Gasteiger partial charge in [-0.25, -0.2) is 14.8 Å². The number of nitrogens with zero attached hydrogens (tertiary/aromatic N) is 2. The predicted octanol–water partition coefficient (Wildman–Crippen LogP) is 3.38. The number of fused-ring (bicyclic) bond motifs is 1. The molecule has 2 rings (SSSR count). The van der Waals surface area contributed by atoms with Gasteiger partial charge in [-0.2, -0.15) is 0 Å². The molecule has 0 amide bonds. The fourth-order valence-corrected chi connectivity index (χ4v) is 3.14. The Hall–Kier alpha value is -1.49. The van der Waals surface area contributed by atoms with Gasteiger partial charge in [-0.15, -0.1) is 11.3 Å². The van der Waals surface area contributed by atoms with E-state index in [0.717, 1.165) is 27.1 Å². The van der Waals surface area contributed by atoms with E-state index < -0.39 is 5.97 Å². The van der Waals surface area contributed by atoms with Crippen LogP contribution in [0, 0.1) is 6.92 Å². The molecule has 0 spiro atoms. The zero-order valence-electron chi connectivity index (χ0n) is 10.9. The molecule has 0 unspecified atom stereocenters. The fraction of sp³-hybridized carbons (Fsp3) is 0.462. The van der Waals surface area contributed by atoms with Crippen LogP contribution in [-0.4, -0.2) is 21.0 Å². The summed E-state index contributed by atoms with van der Waals surface area (Å²) in [4.78, 5) is 22.0. The van der Waals surface area contributed by atoms with E-state index in [1.807, 2.05) is 27.7 Å². The second kappa shape index (κ2) is 4.65. The number of carboxylic acids is 1. The van der Waals surface area contributed by atoms with E-state index >= 15 is 0 Å². The van der Waals surface area contributed by atoms with Gasteiger partial charge in [0, 0.05) is 16.2 Å². The zero-order valence-corrected chi connectivity index (χ0v) is 11.8. The summed E-state index contributed by atoms with van der Waals surface area (Å²) in [5.74, 6) is -0.249. The molecule has 0 aliphatic carbocycles. The highest BCUT2D eigenvalue weighted by Crippen LogP contribution is 2.32. The summed E-state index contributed by atoms with van der Waals surface area (Å²) < 4.78 is 0. The maximum absolute atomic E-state index is 11.4. The van der Waals surface area contributed by atoms with Gasteiger partial charge in [-0.1, -0.05) is 20.8 Å². The molecule has 4 nitrogen and oxygen atoms in total. The van der Waals surface area contributed by atoms with Gasteiger partial charge in [-0.3, -0.25) is 0 Å². The van der Waals surface area contributed by atoms with Crippen molar-refractivity contribution in [2.75, 3.05) is 0 Å². The van der Waals surface area contributed by atoms with E-state index in [0.29, 0.717) is 5.82 Å². The van der Waals surface area contributed by atoms with Crippen molar-refractivity contribution in [1.29, 1.82) is 0 Å². The first-order valence-electron chi connectivity index (χ1n) is 5.98. The third-order valence-corrected chi connectivity index (χ3v) is 3.98. The molecule has 2 heterocycles. The lowest BCUT2D eigenvalue weighted by Crippen LogP contribution is -2.07. The summed E-state index contributed by atoms with van der Waals surface area (Å²) in [6.07, 6.45) is 0.802. The van der Waals surface area contributed by atoms with Crippen molar-refractivity contribution in [3.63, 3.8) is 0 Å². The first kappa shape index (κ1) is 13.0. The van der Waals surface area contributed by atoms with Crippen molar-refractivity contribution >= 4 is 27.5 Å². The van der Waals surface area contributed by atoms with Crippen LogP contribution in [0.15, 0.2) is 0 Å². The molecule has 5 heteroatoms. The molecule has 0 aliphatic rings. The SMILES string of the molecule is CCc1c(C)sc2nc(C(C)C)nc(C(=O)O)c12. The third kappa shape index (κ3) is 1.99. The number of rotatable bonds is 3. The third-order valence-electron chi connectivity index (χ3n) is 2.94. The highest BCUT2D eigenvalue weighted by Gasteiger charge is 2.20. The molecule has 0 aromatic carbocycles. The lowest BCUT2D eigenvalue weighted by molar-refractivity contribution is 0.0692. The zero-order chi connectivity index (χ0) is 13.4. The molecule has 2 aromatic rings. The van der Waals surface area contributed by atoms with Gasteiger partial charge in [0.05, 0.1) is 0 Å². The highest BCUT2D eigenvalue weighted by molar-refractivity contribution is 7.18. The average Bonchev–Trinajstić information content (AvgIpc) is 2.62. The number of carboxylic acid groups (broad SMARTS) is 1.